The first-order chi connectivity index (χ1) is 12.6. The van der Waals surface area contributed by atoms with Crippen molar-refractivity contribution < 1.29 is 14.3 Å². The van der Waals surface area contributed by atoms with Crippen LogP contribution >= 0.6 is 0 Å². The molecule has 1 aromatic heterocycles. The summed E-state index contributed by atoms with van der Waals surface area (Å²) in [5, 5.41) is 4.13. The van der Waals surface area contributed by atoms with Crippen LogP contribution in [0, 0.1) is 0 Å². The second-order valence-corrected chi connectivity index (χ2v) is 7.03. The Morgan fingerprint density at radius 2 is 2.19 bits per heavy atom. The molecule has 3 rings (SSSR count). The minimum absolute atomic E-state index is 0.0550. The molecule has 0 bridgehead atoms. The lowest BCUT2D eigenvalue weighted by molar-refractivity contribution is -0.140. The number of carbonyl (C=O) groups is 2. The molecule has 1 aliphatic heterocycles. The molecule has 1 aromatic carbocycles. The molecule has 26 heavy (non-hydrogen) atoms. The van der Waals surface area contributed by atoms with Crippen LogP contribution in [0.1, 0.15) is 31.7 Å². The van der Waals surface area contributed by atoms with Crippen LogP contribution in [-0.2, 0) is 20.7 Å². The molecule has 0 saturated carbocycles. The molecule has 2 amide bonds. The van der Waals surface area contributed by atoms with E-state index in [1.165, 1.54) is 10.9 Å². The normalized spacial score (nSPS) is 20.1. The zero-order chi connectivity index (χ0) is 18.6. The highest BCUT2D eigenvalue weighted by atomic mass is 16.5. The van der Waals surface area contributed by atoms with E-state index in [0.29, 0.717) is 32.5 Å². The van der Waals surface area contributed by atoms with Crippen LogP contribution in [0.2, 0.25) is 0 Å². The molecule has 0 radical (unpaired) electrons. The number of fused-ring (bicyclic) bond motifs is 1. The summed E-state index contributed by atoms with van der Waals surface area (Å²) in [7, 11) is 1.64. The van der Waals surface area contributed by atoms with Crippen molar-refractivity contribution in [2.75, 3.05) is 26.8 Å². The van der Waals surface area contributed by atoms with Crippen LogP contribution in [-0.4, -0.2) is 54.0 Å². The third kappa shape index (κ3) is 3.60. The Bertz CT molecular complexity index is 785. The predicted octanol–water partition coefficient (Wildman–Crippen LogP) is 2.24. The number of hydrogen-bond donors (Lipinski definition) is 2. The smallest absolute Gasteiger partial charge is 0.245 e. The maximum atomic E-state index is 12.7. The zero-order valence-corrected chi connectivity index (χ0v) is 15.5. The topological polar surface area (TPSA) is 74.4 Å². The third-order valence-electron chi connectivity index (χ3n) is 5.30. The van der Waals surface area contributed by atoms with Gasteiger partial charge >= 0.3 is 0 Å². The van der Waals surface area contributed by atoms with Crippen LogP contribution in [0.25, 0.3) is 10.9 Å². The van der Waals surface area contributed by atoms with E-state index in [4.69, 9.17) is 4.74 Å². The Morgan fingerprint density at radius 3 is 3.00 bits per heavy atom. The highest BCUT2D eigenvalue weighted by Gasteiger charge is 2.46. The van der Waals surface area contributed by atoms with Crippen molar-refractivity contribution in [1.29, 1.82) is 0 Å². The number of methoxy groups -OCH3 is 1. The number of benzene rings is 1. The molecule has 6 nitrogen and oxygen atoms in total. The van der Waals surface area contributed by atoms with Gasteiger partial charge < -0.3 is 19.9 Å². The van der Waals surface area contributed by atoms with E-state index in [0.717, 1.165) is 18.4 Å². The van der Waals surface area contributed by atoms with E-state index in [9.17, 15) is 9.59 Å². The lowest BCUT2D eigenvalue weighted by Crippen LogP contribution is -2.55. The van der Waals surface area contributed by atoms with Crippen LogP contribution < -0.4 is 5.32 Å². The molecule has 0 aliphatic carbocycles. The van der Waals surface area contributed by atoms with Gasteiger partial charge in [0.15, 0.2) is 0 Å². The average Bonchev–Trinajstić information content (AvgIpc) is 3.19. The van der Waals surface area contributed by atoms with Gasteiger partial charge in [-0.2, -0.15) is 0 Å². The van der Waals surface area contributed by atoms with Crippen LogP contribution in [0.3, 0.4) is 0 Å². The van der Waals surface area contributed by atoms with Crippen molar-refractivity contribution in [3.8, 4) is 0 Å². The number of hydrogen-bond acceptors (Lipinski definition) is 3. The summed E-state index contributed by atoms with van der Waals surface area (Å²) in [6.45, 7) is 3.59. The largest absolute Gasteiger partial charge is 0.385 e. The highest BCUT2D eigenvalue weighted by molar-refractivity contribution is 5.94. The molecule has 2 heterocycles. The standard InChI is InChI=1S/C20H27N3O3/c1-20(19(25)21-11-5-13-26-2)10-8-18(24)23(20)12-9-15-14-22-17-7-4-3-6-16(15)17/h3-4,6-7,14,22H,5,8-13H2,1-2H3,(H,21,25). The first kappa shape index (κ1) is 18.5. The number of aromatic nitrogens is 1. The minimum Gasteiger partial charge on any atom is -0.385 e. The number of carbonyl (C=O) groups excluding carboxylic acids is 2. The highest BCUT2D eigenvalue weighted by Crippen LogP contribution is 2.31. The summed E-state index contributed by atoms with van der Waals surface area (Å²) in [4.78, 5) is 30.1. The number of para-hydroxylation sites is 1. The van der Waals surface area contributed by atoms with Gasteiger partial charge in [0.2, 0.25) is 11.8 Å². The Hall–Kier alpha value is -2.34. The van der Waals surface area contributed by atoms with Gasteiger partial charge in [-0.1, -0.05) is 18.2 Å². The number of aromatic amines is 1. The predicted molar refractivity (Wildman–Crippen MR) is 101 cm³/mol. The summed E-state index contributed by atoms with van der Waals surface area (Å²) in [6.07, 6.45) is 4.48. The van der Waals surface area contributed by atoms with E-state index in [2.05, 4.69) is 16.4 Å². The zero-order valence-electron chi connectivity index (χ0n) is 15.5. The van der Waals surface area contributed by atoms with E-state index in [1.807, 2.05) is 31.3 Å². The van der Waals surface area contributed by atoms with Crippen LogP contribution in [0.4, 0.5) is 0 Å². The molecular weight excluding hydrogens is 330 g/mol. The van der Waals surface area contributed by atoms with Crippen molar-refractivity contribution in [3.63, 3.8) is 0 Å². The molecule has 6 heteroatoms. The molecule has 0 spiro atoms. The Morgan fingerprint density at radius 1 is 1.38 bits per heavy atom. The number of amides is 2. The molecule has 1 unspecified atom stereocenters. The van der Waals surface area contributed by atoms with Gasteiger partial charge in [-0.25, -0.2) is 0 Å². The number of nitrogens with one attached hydrogen (secondary N) is 2. The molecular formula is C20H27N3O3. The van der Waals surface area contributed by atoms with Crippen molar-refractivity contribution in [2.45, 2.75) is 38.1 Å². The first-order valence-corrected chi connectivity index (χ1v) is 9.19. The van der Waals surface area contributed by atoms with Crippen molar-refractivity contribution in [1.82, 2.24) is 15.2 Å². The van der Waals surface area contributed by atoms with Crippen molar-refractivity contribution >= 4 is 22.7 Å². The molecule has 1 atom stereocenters. The summed E-state index contributed by atoms with van der Waals surface area (Å²) >= 11 is 0. The second-order valence-electron chi connectivity index (χ2n) is 7.03. The average molecular weight is 357 g/mol. The Kier molecular flexibility index (Phi) is 5.61. The molecule has 140 valence electrons. The number of likely N-dealkylation sites (tertiary alicyclic amines) is 1. The summed E-state index contributed by atoms with van der Waals surface area (Å²) < 4.78 is 5.01. The third-order valence-corrected chi connectivity index (χ3v) is 5.30. The second kappa shape index (κ2) is 7.91. The van der Waals surface area contributed by atoms with E-state index < -0.39 is 5.54 Å². The summed E-state index contributed by atoms with van der Waals surface area (Å²) in [6, 6.07) is 8.13. The quantitative estimate of drug-likeness (QED) is 0.712. The minimum atomic E-state index is -0.768. The molecule has 1 saturated heterocycles. The molecule has 1 aliphatic rings. The van der Waals surface area contributed by atoms with Crippen molar-refractivity contribution in [3.05, 3.63) is 36.0 Å². The number of rotatable bonds is 8. The monoisotopic (exact) mass is 357 g/mol. The summed E-state index contributed by atoms with van der Waals surface area (Å²) in [5.41, 5.74) is 1.49. The summed E-state index contributed by atoms with van der Waals surface area (Å²) in [5.74, 6) is -0.0160. The first-order valence-electron chi connectivity index (χ1n) is 9.19. The van der Waals surface area contributed by atoms with Gasteiger partial charge in [0.1, 0.15) is 5.54 Å². The number of nitrogens with zero attached hydrogens (tertiary/aromatic N) is 1. The molecule has 2 N–H and O–H groups in total. The lowest BCUT2D eigenvalue weighted by Gasteiger charge is -2.34. The van der Waals surface area contributed by atoms with Gasteiger partial charge in [-0.3, -0.25) is 9.59 Å². The Labute approximate surface area is 153 Å². The fourth-order valence-corrected chi connectivity index (χ4v) is 3.68. The maximum absolute atomic E-state index is 12.7. The van der Waals surface area contributed by atoms with Gasteiger partial charge in [-0.05, 0) is 37.8 Å². The van der Waals surface area contributed by atoms with Crippen LogP contribution in [0.15, 0.2) is 30.5 Å². The molecule has 1 fully saturated rings. The van der Waals surface area contributed by atoms with E-state index >= 15 is 0 Å². The fraction of sp³-hybridized carbons (Fsp3) is 0.500. The number of H-pyrrole nitrogens is 1. The van der Waals surface area contributed by atoms with Crippen molar-refractivity contribution in [2.24, 2.45) is 0 Å². The fourth-order valence-electron chi connectivity index (χ4n) is 3.68. The van der Waals surface area contributed by atoms with Gasteiger partial charge in [0.25, 0.3) is 0 Å². The van der Waals surface area contributed by atoms with E-state index in [1.54, 1.807) is 12.0 Å². The Balaban J connectivity index is 1.66. The SMILES string of the molecule is COCCCNC(=O)C1(C)CCC(=O)N1CCc1c[nH]c2ccccc12. The van der Waals surface area contributed by atoms with Gasteiger partial charge in [-0.15, -0.1) is 0 Å². The maximum Gasteiger partial charge on any atom is 0.245 e. The number of ether oxygens (including phenoxy) is 1. The molecule has 2 aromatic rings. The van der Waals surface area contributed by atoms with Gasteiger partial charge in [0, 0.05) is 50.3 Å². The van der Waals surface area contributed by atoms with Gasteiger partial charge in [0.05, 0.1) is 0 Å². The van der Waals surface area contributed by atoms with Crippen LogP contribution in [0.5, 0.6) is 0 Å². The van der Waals surface area contributed by atoms with E-state index in [-0.39, 0.29) is 11.8 Å². The lowest BCUT2D eigenvalue weighted by atomic mass is 9.97.